The number of carbonyl (C=O) groups is 1. The summed E-state index contributed by atoms with van der Waals surface area (Å²) in [5, 5.41) is 8.68. The second-order valence-corrected chi connectivity index (χ2v) is 4.93. The summed E-state index contributed by atoms with van der Waals surface area (Å²) in [5.74, 6) is 1.03. The Balaban J connectivity index is 1.95. The topological polar surface area (TPSA) is 37.3 Å². The molecule has 1 N–H and O–H groups in total. The zero-order valence-electron chi connectivity index (χ0n) is 12.1. The average Bonchev–Trinajstić information content (AvgIpc) is 2.49. The van der Waals surface area contributed by atoms with Crippen LogP contribution in [0.25, 0.3) is 0 Å². The minimum atomic E-state index is -1.24. The first kappa shape index (κ1) is 16.6. The molecule has 0 aromatic heterocycles. The van der Waals surface area contributed by atoms with Gasteiger partial charge in [0.1, 0.15) is 5.82 Å². The molecule has 0 amide bonds. The molecule has 2 nitrogen and oxygen atoms in total. The van der Waals surface area contributed by atoms with Crippen molar-refractivity contribution in [1.29, 1.82) is 0 Å². The minimum absolute atomic E-state index is 0.0322. The Labute approximate surface area is 131 Å². The molecule has 0 spiro atoms. The molecule has 0 unspecified atom stereocenters. The maximum absolute atomic E-state index is 13.4. The molecular weight excluding hydrogens is 305 g/mol. The van der Waals surface area contributed by atoms with E-state index in [2.05, 4.69) is 11.8 Å². The Hall–Kier alpha value is -2.74. The Morgan fingerprint density at radius 3 is 2.22 bits per heavy atom. The van der Waals surface area contributed by atoms with Gasteiger partial charge in [-0.25, -0.2) is 13.2 Å². The van der Waals surface area contributed by atoms with Crippen LogP contribution in [0.5, 0.6) is 0 Å². The highest BCUT2D eigenvalue weighted by Gasteiger charge is 2.07. The largest absolute Gasteiger partial charge is 0.481 e. The summed E-state index contributed by atoms with van der Waals surface area (Å²) in [7, 11) is 0. The molecule has 0 saturated heterocycles. The zero-order valence-corrected chi connectivity index (χ0v) is 12.1. The number of hydrogen-bond acceptors (Lipinski definition) is 1. The number of aryl methyl sites for hydroxylation is 1. The monoisotopic (exact) mass is 318 g/mol. The van der Waals surface area contributed by atoms with Crippen molar-refractivity contribution in [3.63, 3.8) is 0 Å². The fourth-order valence-electron chi connectivity index (χ4n) is 1.98. The Morgan fingerprint density at radius 1 is 0.957 bits per heavy atom. The molecule has 0 heterocycles. The highest BCUT2D eigenvalue weighted by molar-refractivity contribution is 5.70. The minimum Gasteiger partial charge on any atom is -0.481 e. The van der Waals surface area contributed by atoms with E-state index in [0.717, 1.165) is 11.6 Å². The van der Waals surface area contributed by atoms with Crippen molar-refractivity contribution in [3.8, 4) is 11.8 Å². The first-order valence-electron chi connectivity index (χ1n) is 6.88. The molecule has 118 valence electrons. The maximum Gasteiger partial charge on any atom is 0.307 e. The number of aliphatic carboxylic acids is 1. The lowest BCUT2D eigenvalue weighted by atomic mass is 10.1. The molecule has 2 aromatic carbocycles. The molecule has 2 rings (SSSR count). The molecule has 2 aromatic rings. The van der Waals surface area contributed by atoms with Gasteiger partial charge in [0, 0.05) is 12.5 Å². The van der Waals surface area contributed by atoms with Crippen molar-refractivity contribution < 1.29 is 23.1 Å². The summed E-state index contributed by atoms with van der Waals surface area (Å²) < 4.78 is 39.2. The molecule has 0 atom stereocenters. The summed E-state index contributed by atoms with van der Waals surface area (Å²) in [6.07, 6.45) is 0.970. The van der Waals surface area contributed by atoms with E-state index in [0.29, 0.717) is 24.5 Å². The van der Waals surface area contributed by atoms with E-state index in [1.807, 2.05) is 0 Å². The van der Waals surface area contributed by atoms with Crippen molar-refractivity contribution in [3.05, 3.63) is 70.5 Å². The SMILES string of the molecule is O=C(O)Cc1ccc(CCC#Cc2cc(F)c(F)cc2F)cc1. The maximum atomic E-state index is 13.4. The highest BCUT2D eigenvalue weighted by atomic mass is 19.2. The van der Waals surface area contributed by atoms with Crippen LogP contribution in [0.1, 0.15) is 23.1 Å². The van der Waals surface area contributed by atoms with Gasteiger partial charge in [0.05, 0.1) is 12.0 Å². The standard InChI is InChI=1S/C18H13F3O2/c19-15-11-17(21)16(20)10-14(15)4-2-1-3-12-5-7-13(8-6-12)9-18(22)23/h5-8,10-11H,1,3,9H2,(H,22,23). The van der Waals surface area contributed by atoms with Gasteiger partial charge in [-0.2, -0.15) is 0 Å². The fourth-order valence-corrected chi connectivity index (χ4v) is 1.98. The second kappa shape index (κ2) is 7.50. The number of carboxylic acid groups (broad SMARTS) is 1. The predicted molar refractivity (Wildman–Crippen MR) is 79.3 cm³/mol. The summed E-state index contributed by atoms with van der Waals surface area (Å²) >= 11 is 0. The average molecular weight is 318 g/mol. The number of carboxylic acids is 1. The van der Waals surface area contributed by atoms with Gasteiger partial charge in [0.15, 0.2) is 11.6 Å². The van der Waals surface area contributed by atoms with E-state index in [1.165, 1.54) is 0 Å². The third-order valence-electron chi connectivity index (χ3n) is 3.15. The first-order chi connectivity index (χ1) is 11.0. The fraction of sp³-hybridized carbons (Fsp3) is 0.167. The van der Waals surface area contributed by atoms with Crippen molar-refractivity contribution >= 4 is 5.97 Å². The Kier molecular flexibility index (Phi) is 5.42. The molecule has 0 aliphatic heterocycles. The number of halogens is 3. The Morgan fingerprint density at radius 2 is 1.57 bits per heavy atom. The quantitative estimate of drug-likeness (QED) is 0.689. The zero-order chi connectivity index (χ0) is 16.8. The first-order valence-corrected chi connectivity index (χ1v) is 6.88. The molecule has 0 fully saturated rings. The molecule has 0 aliphatic carbocycles. The van der Waals surface area contributed by atoms with E-state index < -0.39 is 23.4 Å². The van der Waals surface area contributed by atoms with Gasteiger partial charge in [0.25, 0.3) is 0 Å². The van der Waals surface area contributed by atoms with Crippen LogP contribution in [0.2, 0.25) is 0 Å². The lowest BCUT2D eigenvalue weighted by molar-refractivity contribution is -0.136. The van der Waals surface area contributed by atoms with Gasteiger partial charge >= 0.3 is 5.97 Å². The molecule has 5 heteroatoms. The lowest BCUT2D eigenvalue weighted by Gasteiger charge is -2.00. The van der Waals surface area contributed by atoms with E-state index in [9.17, 15) is 18.0 Å². The normalized spacial score (nSPS) is 10.0. The van der Waals surface area contributed by atoms with Gasteiger partial charge in [0.2, 0.25) is 0 Å². The van der Waals surface area contributed by atoms with E-state index in [1.54, 1.807) is 24.3 Å². The van der Waals surface area contributed by atoms with E-state index in [4.69, 9.17) is 5.11 Å². The van der Waals surface area contributed by atoms with Crippen LogP contribution in [0, 0.1) is 29.3 Å². The molecular formula is C18H13F3O2. The third kappa shape index (κ3) is 4.89. The molecule has 0 saturated carbocycles. The molecule has 0 bridgehead atoms. The predicted octanol–water partition coefficient (Wildman–Crippen LogP) is 3.72. The summed E-state index contributed by atoms with van der Waals surface area (Å²) in [4.78, 5) is 10.6. The van der Waals surface area contributed by atoms with Gasteiger partial charge in [-0.15, -0.1) is 0 Å². The summed E-state index contributed by atoms with van der Waals surface area (Å²) in [5.41, 5.74) is 1.48. The van der Waals surface area contributed by atoms with Crippen molar-refractivity contribution in [1.82, 2.24) is 0 Å². The molecule has 23 heavy (non-hydrogen) atoms. The smallest absolute Gasteiger partial charge is 0.307 e. The molecule has 0 radical (unpaired) electrons. The lowest BCUT2D eigenvalue weighted by Crippen LogP contribution is -1.99. The summed E-state index contributed by atoms with van der Waals surface area (Å²) in [6, 6.07) is 8.27. The van der Waals surface area contributed by atoms with E-state index >= 15 is 0 Å². The van der Waals surface area contributed by atoms with Crippen LogP contribution in [-0.4, -0.2) is 11.1 Å². The number of hydrogen-bond donors (Lipinski definition) is 1. The van der Waals surface area contributed by atoms with Crippen LogP contribution in [0.4, 0.5) is 13.2 Å². The number of benzene rings is 2. The van der Waals surface area contributed by atoms with Crippen LogP contribution in [-0.2, 0) is 17.6 Å². The number of rotatable bonds is 4. The van der Waals surface area contributed by atoms with Crippen LogP contribution >= 0.6 is 0 Å². The second-order valence-electron chi connectivity index (χ2n) is 4.93. The van der Waals surface area contributed by atoms with Crippen LogP contribution in [0.3, 0.4) is 0 Å². The van der Waals surface area contributed by atoms with Crippen molar-refractivity contribution in [2.45, 2.75) is 19.3 Å². The van der Waals surface area contributed by atoms with Gasteiger partial charge in [-0.1, -0.05) is 36.1 Å². The van der Waals surface area contributed by atoms with Crippen LogP contribution in [0.15, 0.2) is 36.4 Å². The Bertz CT molecular complexity index is 771. The van der Waals surface area contributed by atoms with Gasteiger partial charge in [-0.3, -0.25) is 4.79 Å². The molecule has 0 aliphatic rings. The van der Waals surface area contributed by atoms with Crippen molar-refractivity contribution in [2.75, 3.05) is 0 Å². The summed E-state index contributed by atoms with van der Waals surface area (Å²) in [6.45, 7) is 0. The third-order valence-corrected chi connectivity index (χ3v) is 3.15. The van der Waals surface area contributed by atoms with E-state index in [-0.39, 0.29) is 12.0 Å². The van der Waals surface area contributed by atoms with Crippen LogP contribution < -0.4 is 0 Å². The van der Waals surface area contributed by atoms with Gasteiger partial charge in [-0.05, 0) is 23.6 Å². The van der Waals surface area contributed by atoms with Gasteiger partial charge < -0.3 is 5.11 Å². The highest BCUT2D eigenvalue weighted by Crippen LogP contribution is 2.13. The van der Waals surface area contributed by atoms with Crippen molar-refractivity contribution in [2.24, 2.45) is 0 Å².